The number of amides is 2. The first kappa shape index (κ1) is 20.5. The van der Waals surface area contributed by atoms with Gasteiger partial charge in [0, 0.05) is 6.54 Å². The van der Waals surface area contributed by atoms with Gasteiger partial charge in [-0.05, 0) is 29.2 Å². The fraction of sp³-hybridized carbons (Fsp3) is 0.333. The van der Waals surface area contributed by atoms with Crippen LogP contribution >= 0.6 is 0 Å². The molecule has 0 radical (unpaired) electrons. The maximum absolute atomic E-state index is 11.9. The highest BCUT2D eigenvalue weighted by atomic mass is 16.5. The smallest absolute Gasteiger partial charge is 0.239 e. The van der Waals surface area contributed by atoms with Crippen molar-refractivity contribution in [3.8, 4) is 5.75 Å². The second-order valence-electron chi connectivity index (χ2n) is 6.68. The van der Waals surface area contributed by atoms with Gasteiger partial charge in [-0.1, -0.05) is 56.3 Å². The highest BCUT2D eigenvalue weighted by Gasteiger charge is 2.17. The van der Waals surface area contributed by atoms with Gasteiger partial charge in [0.25, 0.3) is 0 Å². The van der Waals surface area contributed by atoms with Gasteiger partial charge in [0.15, 0.2) is 0 Å². The maximum Gasteiger partial charge on any atom is 0.239 e. The standard InChI is InChI=1S/C21H27N3O3/c1-15(2)20(22)21(26)24-13-19(25)23-12-16-8-10-17(11-9-16)14-27-18-6-4-3-5-7-18/h3-11,15,20H,12-14,22H2,1-2H3,(H,23,25)(H,24,26)/t20-/m0/s1. The Morgan fingerprint density at radius 1 is 0.963 bits per heavy atom. The Bertz CT molecular complexity index is 730. The molecule has 0 aliphatic carbocycles. The van der Waals surface area contributed by atoms with Gasteiger partial charge < -0.3 is 21.1 Å². The van der Waals surface area contributed by atoms with Crippen LogP contribution in [0.3, 0.4) is 0 Å². The molecule has 0 unspecified atom stereocenters. The van der Waals surface area contributed by atoms with Crippen LogP contribution in [-0.2, 0) is 22.7 Å². The molecule has 0 spiro atoms. The zero-order chi connectivity index (χ0) is 19.6. The molecule has 0 heterocycles. The van der Waals surface area contributed by atoms with Gasteiger partial charge in [-0.3, -0.25) is 9.59 Å². The molecular weight excluding hydrogens is 342 g/mol. The summed E-state index contributed by atoms with van der Waals surface area (Å²) in [6, 6.07) is 16.8. The quantitative estimate of drug-likeness (QED) is 0.630. The molecule has 2 rings (SSSR count). The van der Waals surface area contributed by atoms with Gasteiger partial charge in [0.05, 0.1) is 12.6 Å². The average molecular weight is 369 g/mol. The van der Waals surface area contributed by atoms with E-state index in [1.807, 2.05) is 68.4 Å². The molecule has 0 saturated carbocycles. The fourth-order valence-electron chi connectivity index (χ4n) is 2.29. The molecule has 4 N–H and O–H groups in total. The van der Waals surface area contributed by atoms with E-state index in [9.17, 15) is 9.59 Å². The zero-order valence-electron chi connectivity index (χ0n) is 15.8. The molecular formula is C21H27N3O3. The minimum Gasteiger partial charge on any atom is -0.489 e. The van der Waals surface area contributed by atoms with Crippen molar-refractivity contribution in [3.63, 3.8) is 0 Å². The van der Waals surface area contributed by atoms with E-state index in [2.05, 4.69) is 10.6 Å². The molecule has 0 fully saturated rings. The van der Waals surface area contributed by atoms with Crippen molar-refractivity contribution in [2.75, 3.05) is 6.54 Å². The molecule has 0 saturated heterocycles. The van der Waals surface area contributed by atoms with Crippen LogP contribution in [-0.4, -0.2) is 24.4 Å². The van der Waals surface area contributed by atoms with Crippen LogP contribution in [0.25, 0.3) is 0 Å². The van der Waals surface area contributed by atoms with Crippen molar-refractivity contribution < 1.29 is 14.3 Å². The molecule has 0 aromatic heterocycles. The van der Waals surface area contributed by atoms with E-state index in [0.717, 1.165) is 16.9 Å². The summed E-state index contributed by atoms with van der Waals surface area (Å²) < 4.78 is 5.70. The first-order valence-corrected chi connectivity index (χ1v) is 9.01. The summed E-state index contributed by atoms with van der Waals surface area (Å²) in [4.78, 5) is 23.6. The summed E-state index contributed by atoms with van der Waals surface area (Å²) in [6.45, 7) is 4.52. The first-order chi connectivity index (χ1) is 13.0. The molecule has 0 aliphatic heterocycles. The van der Waals surface area contributed by atoms with Crippen molar-refractivity contribution >= 4 is 11.8 Å². The summed E-state index contributed by atoms with van der Waals surface area (Å²) in [5.41, 5.74) is 7.75. The molecule has 2 amide bonds. The Balaban J connectivity index is 1.71. The SMILES string of the molecule is CC(C)[C@H](N)C(=O)NCC(=O)NCc1ccc(COc2ccccc2)cc1. The molecule has 2 aromatic rings. The van der Waals surface area contributed by atoms with E-state index >= 15 is 0 Å². The summed E-state index contributed by atoms with van der Waals surface area (Å²) in [5, 5.41) is 5.32. The number of hydrogen-bond donors (Lipinski definition) is 3. The van der Waals surface area contributed by atoms with Gasteiger partial charge in [0.2, 0.25) is 11.8 Å². The van der Waals surface area contributed by atoms with Crippen LogP contribution in [0.15, 0.2) is 54.6 Å². The number of para-hydroxylation sites is 1. The Morgan fingerprint density at radius 3 is 2.22 bits per heavy atom. The normalized spacial score (nSPS) is 11.7. The van der Waals surface area contributed by atoms with Crippen LogP contribution in [0.2, 0.25) is 0 Å². The van der Waals surface area contributed by atoms with Crippen LogP contribution in [0.1, 0.15) is 25.0 Å². The molecule has 144 valence electrons. The topological polar surface area (TPSA) is 93.5 Å². The number of rotatable bonds is 9. The minimum absolute atomic E-state index is 0.0254. The van der Waals surface area contributed by atoms with Crippen molar-refractivity contribution in [3.05, 3.63) is 65.7 Å². The number of carbonyl (C=O) groups is 2. The molecule has 0 bridgehead atoms. The lowest BCUT2D eigenvalue weighted by atomic mass is 10.1. The number of ether oxygens (including phenoxy) is 1. The largest absolute Gasteiger partial charge is 0.489 e. The summed E-state index contributed by atoms with van der Waals surface area (Å²) in [6.07, 6.45) is 0. The number of carbonyl (C=O) groups excluding carboxylic acids is 2. The maximum atomic E-state index is 11.9. The van der Waals surface area contributed by atoms with E-state index in [1.54, 1.807) is 0 Å². The molecule has 27 heavy (non-hydrogen) atoms. The Hall–Kier alpha value is -2.86. The monoisotopic (exact) mass is 369 g/mol. The van der Waals surface area contributed by atoms with Crippen molar-refractivity contribution in [2.24, 2.45) is 11.7 Å². The van der Waals surface area contributed by atoms with Gasteiger partial charge in [0.1, 0.15) is 12.4 Å². The first-order valence-electron chi connectivity index (χ1n) is 9.01. The van der Waals surface area contributed by atoms with Crippen LogP contribution < -0.4 is 21.1 Å². The Kier molecular flexibility index (Phi) is 7.82. The van der Waals surface area contributed by atoms with Crippen LogP contribution in [0.5, 0.6) is 5.75 Å². The second-order valence-corrected chi connectivity index (χ2v) is 6.68. The summed E-state index contributed by atoms with van der Waals surface area (Å²) >= 11 is 0. The third-order valence-corrected chi connectivity index (χ3v) is 4.11. The lowest BCUT2D eigenvalue weighted by molar-refractivity contribution is -0.127. The lowest BCUT2D eigenvalue weighted by Gasteiger charge is -2.15. The summed E-state index contributed by atoms with van der Waals surface area (Å²) in [7, 11) is 0. The van der Waals surface area contributed by atoms with Crippen LogP contribution in [0, 0.1) is 5.92 Å². The van der Waals surface area contributed by atoms with Gasteiger partial charge in [-0.2, -0.15) is 0 Å². The highest BCUT2D eigenvalue weighted by Crippen LogP contribution is 2.12. The van der Waals surface area contributed by atoms with E-state index in [0.29, 0.717) is 13.2 Å². The fourth-order valence-corrected chi connectivity index (χ4v) is 2.29. The van der Waals surface area contributed by atoms with Gasteiger partial charge >= 0.3 is 0 Å². The van der Waals surface area contributed by atoms with E-state index in [-0.39, 0.29) is 24.3 Å². The minimum atomic E-state index is -0.608. The van der Waals surface area contributed by atoms with Gasteiger partial charge in [-0.25, -0.2) is 0 Å². The molecule has 0 aliphatic rings. The van der Waals surface area contributed by atoms with Crippen LogP contribution in [0.4, 0.5) is 0 Å². The Morgan fingerprint density at radius 2 is 1.59 bits per heavy atom. The van der Waals surface area contributed by atoms with E-state index < -0.39 is 6.04 Å². The molecule has 6 nitrogen and oxygen atoms in total. The third-order valence-electron chi connectivity index (χ3n) is 4.11. The number of nitrogens with one attached hydrogen (secondary N) is 2. The molecule has 1 atom stereocenters. The third kappa shape index (κ3) is 7.11. The zero-order valence-corrected chi connectivity index (χ0v) is 15.8. The van der Waals surface area contributed by atoms with E-state index in [4.69, 9.17) is 10.5 Å². The number of nitrogens with two attached hydrogens (primary N) is 1. The number of hydrogen-bond acceptors (Lipinski definition) is 4. The Labute approximate surface area is 160 Å². The molecule has 6 heteroatoms. The van der Waals surface area contributed by atoms with E-state index in [1.165, 1.54) is 0 Å². The second kappa shape index (κ2) is 10.3. The average Bonchev–Trinajstić information content (AvgIpc) is 2.69. The van der Waals surface area contributed by atoms with Gasteiger partial charge in [-0.15, -0.1) is 0 Å². The van der Waals surface area contributed by atoms with Crippen molar-refractivity contribution in [1.29, 1.82) is 0 Å². The summed E-state index contributed by atoms with van der Waals surface area (Å²) in [5.74, 6) is 0.282. The lowest BCUT2D eigenvalue weighted by Crippen LogP contribution is -2.47. The van der Waals surface area contributed by atoms with Crippen molar-refractivity contribution in [2.45, 2.75) is 33.0 Å². The van der Waals surface area contributed by atoms with Crippen molar-refractivity contribution in [1.82, 2.24) is 10.6 Å². The molecule has 2 aromatic carbocycles. The predicted octanol–water partition coefficient (Wildman–Crippen LogP) is 1.98. The number of benzene rings is 2. The highest BCUT2D eigenvalue weighted by molar-refractivity contribution is 5.87. The predicted molar refractivity (Wildman–Crippen MR) is 105 cm³/mol.